The zero-order chi connectivity index (χ0) is 9.90. The molecular formula is C10H15NOS. The summed E-state index contributed by atoms with van der Waals surface area (Å²) in [7, 11) is 0. The quantitative estimate of drug-likeness (QED) is 0.564. The van der Waals surface area contributed by atoms with Crippen LogP contribution in [0.2, 0.25) is 0 Å². The van der Waals surface area contributed by atoms with E-state index in [9.17, 15) is 0 Å². The second-order valence-corrected chi connectivity index (χ2v) is 4.83. The maximum atomic E-state index is 8.46. The number of hydrogen-bond acceptors (Lipinski definition) is 3. The molecule has 3 heteroatoms. The topological polar surface area (TPSA) is 32.3 Å². The molecule has 72 valence electrons. The Morgan fingerprint density at radius 3 is 2.08 bits per heavy atom. The molecule has 0 bridgehead atoms. The molecule has 0 fully saturated rings. The first kappa shape index (κ1) is 10.6. The normalized spacial score (nSPS) is 11.7. The molecule has 0 saturated heterocycles. The second kappa shape index (κ2) is 4.13. The molecule has 0 amide bonds. The summed E-state index contributed by atoms with van der Waals surface area (Å²) >= 11 is 1.20. The molecule has 0 radical (unpaired) electrons. The Hall–Kier alpha value is -0.510. The zero-order valence-corrected chi connectivity index (χ0v) is 8.98. The van der Waals surface area contributed by atoms with Crippen LogP contribution in [0.15, 0.2) is 29.2 Å². The van der Waals surface area contributed by atoms with Crippen LogP contribution in [0.4, 0.5) is 0 Å². The van der Waals surface area contributed by atoms with Gasteiger partial charge in [0.25, 0.3) is 0 Å². The van der Waals surface area contributed by atoms with Crippen LogP contribution in [0.1, 0.15) is 26.3 Å². The SMILES string of the molecule is CC(C)(C)c1ccc(SNO)cc1. The lowest BCUT2D eigenvalue weighted by Gasteiger charge is -2.18. The van der Waals surface area contributed by atoms with Gasteiger partial charge in [0.15, 0.2) is 0 Å². The van der Waals surface area contributed by atoms with Gasteiger partial charge in [-0.2, -0.15) is 0 Å². The molecular weight excluding hydrogens is 182 g/mol. The molecule has 0 unspecified atom stereocenters. The van der Waals surface area contributed by atoms with Crippen molar-refractivity contribution in [3.63, 3.8) is 0 Å². The first-order valence-corrected chi connectivity index (χ1v) is 5.02. The van der Waals surface area contributed by atoms with Crippen LogP contribution >= 0.6 is 11.9 Å². The van der Waals surface area contributed by atoms with E-state index in [0.29, 0.717) is 0 Å². The summed E-state index contributed by atoms with van der Waals surface area (Å²) in [6.45, 7) is 6.54. The van der Waals surface area contributed by atoms with E-state index in [1.54, 1.807) is 0 Å². The van der Waals surface area contributed by atoms with Gasteiger partial charge in [-0.1, -0.05) is 32.9 Å². The summed E-state index contributed by atoms with van der Waals surface area (Å²) in [4.78, 5) is 3.07. The van der Waals surface area contributed by atoms with Gasteiger partial charge >= 0.3 is 0 Å². The fourth-order valence-electron chi connectivity index (χ4n) is 1.08. The molecule has 1 aromatic carbocycles. The monoisotopic (exact) mass is 197 g/mol. The van der Waals surface area contributed by atoms with Crippen molar-refractivity contribution in [3.8, 4) is 0 Å². The smallest absolute Gasteiger partial charge is 0.0249 e. The third kappa shape index (κ3) is 3.03. The lowest BCUT2D eigenvalue weighted by Crippen LogP contribution is -2.10. The lowest BCUT2D eigenvalue weighted by molar-refractivity contribution is 0.258. The largest absolute Gasteiger partial charge is 0.306 e. The van der Waals surface area contributed by atoms with Gasteiger partial charge in [0, 0.05) is 4.90 Å². The molecule has 13 heavy (non-hydrogen) atoms. The fourth-order valence-corrected chi connectivity index (χ4v) is 1.45. The van der Waals surface area contributed by atoms with Crippen molar-refractivity contribution in [2.45, 2.75) is 31.1 Å². The number of nitrogens with one attached hydrogen (secondary N) is 1. The molecule has 2 N–H and O–H groups in total. The molecule has 1 rings (SSSR count). The average molecular weight is 197 g/mol. The molecule has 2 nitrogen and oxygen atoms in total. The third-order valence-electron chi connectivity index (χ3n) is 1.88. The van der Waals surface area contributed by atoms with E-state index < -0.39 is 0 Å². The Morgan fingerprint density at radius 2 is 1.69 bits per heavy atom. The van der Waals surface area contributed by atoms with Crippen LogP contribution in [-0.2, 0) is 5.41 Å². The number of rotatable bonds is 2. The van der Waals surface area contributed by atoms with E-state index in [0.717, 1.165) is 4.90 Å². The minimum absolute atomic E-state index is 0.190. The molecule has 0 saturated carbocycles. The van der Waals surface area contributed by atoms with E-state index in [4.69, 9.17) is 5.21 Å². The van der Waals surface area contributed by atoms with Gasteiger partial charge in [0.2, 0.25) is 0 Å². The minimum Gasteiger partial charge on any atom is -0.306 e. The van der Waals surface area contributed by atoms with Crippen molar-refractivity contribution in [2.24, 2.45) is 0 Å². The van der Waals surface area contributed by atoms with Crippen molar-refractivity contribution >= 4 is 11.9 Å². The van der Waals surface area contributed by atoms with Crippen molar-refractivity contribution in [2.75, 3.05) is 0 Å². The van der Waals surface area contributed by atoms with Gasteiger partial charge in [-0.05, 0) is 35.1 Å². The van der Waals surface area contributed by atoms with Crippen molar-refractivity contribution in [1.29, 1.82) is 0 Å². The van der Waals surface area contributed by atoms with Crippen LogP contribution in [0, 0.1) is 0 Å². The highest BCUT2D eigenvalue weighted by molar-refractivity contribution is 7.97. The molecule has 1 aromatic rings. The Morgan fingerprint density at radius 1 is 1.15 bits per heavy atom. The summed E-state index contributed by atoms with van der Waals surface area (Å²) in [5.41, 5.74) is 1.49. The van der Waals surface area contributed by atoms with Gasteiger partial charge < -0.3 is 5.21 Å². The van der Waals surface area contributed by atoms with E-state index >= 15 is 0 Å². The molecule has 0 aromatic heterocycles. The minimum atomic E-state index is 0.190. The van der Waals surface area contributed by atoms with E-state index in [-0.39, 0.29) is 5.41 Å². The van der Waals surface area contributed by atoms with E-state index in [1.165, 1.54) is 17.5 Å². The second-order valence-electron chi connectivity index (χ2n) is 3.97. The maximum Gasteiger partial charge on any atom is 0.0249 e. The number of hydrogen-bond donors (Lipinski definition) is 2. The van der Waals surface area contributed by atoms with Crippen LogP contribution in [0.3, 0.4) is 0 Å². The molecule has 0 aliphatic heterocycles. The fraction of sp³-hybridized carbons (Fsp3) is 0.400. The Labute approximate surface area is 83.4 Å². The molecule has 0 atom stereocenters. The first-order valence-electron chi connectivity index (χ1n) is 4.20. The molecule has 0 aliphatic carbocycles. The molecule has 0 spiro atoms. The van der Waals surface area contributed by atoms with Gasteiger partial charge in [0.05, 0.1) is 0 Å². The number of benzene rings is 1. The summed E-state index contributed by atoms with van der Waals surface area (Å²) in [5, 5.41) is 8.46. The Kier molecular flexibility index (Phi) is 3.36. The van der Waals surface area contributed by atoms with Crippen LogP contribution in [0.5, 0.6) is 0 Å². The molecule has 0 aliphatic rings. The predicted molar refractivity (Wildman–Crippen MR) is 55.9 cm³/mol. The zero-order valence-electron chi connectivity index (χ0n) is 8.16. The Bertz CT molecular complexity index is 263. The summed E-state index contributed by atoms with van der Waals surface area (Å²) in [6.07, 6.45) is 0. The highest BCUT2D eigenvalue weighted by atomic mass is 32.2. The predicted octanol–water partition coefficient (Wildman–Crippen LogP) is 2.97. The van der Waals surface area contributed by atoms with Crippen molar-refractivity contribution < 1.29 is 5.21 Å². The van der Waals surface area contributed by atoms with Crippen molar-refractivity contribution in [3.05, 3.63) is 29.8 Å². The Balaban J connectivity index is 2.81. The summed E-state index contributed by atoms with van der Waals surface area (Å²) in [5.74, 6) is 0. The van der Waals surface area contributed by atoms with Crippen LogP contribution < -0.4 is 4.89 Å². The van der Waals surface area contributed by atoms with Crippen molar-refractivity contribution in [1.82, 2.24) is 4.89 Å². The van der Waals surface area contributed by atoms with E-state index in [1.807, 2.05) is 12.1 Å². The lowest BCUT2D eigenvalue weighted by atomic mass is 9.87. The van der Waals surface area contributed by atoms with Gasteiger partial charge in [0.1, 0.15) is 0 Å². The summed E-state index contributed by atoms with van der Waals surface area (Å²) < 4.78 is 0. The van der Waals surface area contributed by atoms with Gasteiger partial charge in [-0.3, -0.25) is 0 Å². The van der Waals surface area contributed by atoms with E-state index in [2.05, 4.69) is 37.8 Å². The third-order valence-corrected chi connectivity index (χ3v) is 2.48. The van der Waals surface area contributed by atoms with Crippen LogP contribution in [0.25, 0.3) is 0 Å². The van der Waals surface area contributed by atoms with Crippen LogP contribution in [-0.4, -0.2) is 5.21 Å². The first-order chi connectivity index (χ1) is 6.04. The van der Waals surface area contributed by atoms with Gasteiger partial charge in [-0.15, -0.1) is 4.89 Å². The maximum absolute atomic E-state index is 8.46. The average Bonchev–Trinajstić information content (AvgIpc) is 2.04. The molecule has 0 heterocycles. The highest BCUT2D eigenvalue weighted by Gasteiger charge is 2.12. The standard InChI is InChI=1S/C10H15NOS/c1-10(2,3)8-4-6-9(7-5-8)13-11-12/h4-7,11-12H,1-3H3. The highest BCUT2D eigenvalue weighted by Crippen LogP contribution is 2.24. The summed E-state index contributed by atoms with van der Waals surface area (Å²) in [6, 6.07) is 8.16. The van der Waals surface area contributed by atoms with Gasteiger partial charge in [-0.25, -0.2) is 0 Å².